The molecular weight excluding hydrogens is 266 g/mol. The van der Waals surface area contributed by atoms with Crippen LogP contribution in [0.15, 0.2) is 48.5 Å². The number of aryl methyl sites for hydroxylation is 1. The predicted octanol–water partition coefficient (Wildman–Crippen LogP) is 2.86. The van der Waals surface area contributed by atoms with Crippen LogP contribution in [0.4, 0.5) is 0 Å². The molecule has 0 bridgehead atoms. The lowest BCUT2D eigenvalue weighted by atomic mass is 10.1. The summed E-state index contributed by atoms with van der Waals surface area (Å²) in [5.74, 6) is -0.569. The molecule has 0 fully saturated rings. The number of carbonyl (C=O) groups is 1. The van der Waals surface area contributed by atoms with Gasteiger partial charge in [-0.2, -0.15) is 0 Å². The van der Waals surface area contributed by atoms with E-state index in [2.05, 4.69) is 36.5 Å². The zero-order chi connectivity index (χ0) is 15.1. The first-order chi connectivity index (χ1) is 10.2. The van der Waals surface area contributed by atoms with Gasteiger partial charge in [0.2, 0.25) is 0 Å². The Morgan fingerprint density at radius 1 is 1.14 bits per heavy atom. The van der Waals surface area contributed by atoms with Crippen molar-refractivity contribution in [2.75, 3.05) is 13.2 Å². The van der Waals surface area contributed by atoms with Crippen molar-refractivity contribution in [2.45, 2.75) is 13.5 Å². The molecule has 0 aromatic heterocycles. The van der Waals surface area contributed by atoms with E-state index in [1.165, 1.54) is 17.2 Å². The molecule has 2 N–H and O–H groups in total. The van der Waals surface area contributed by atoms with Crippen molar-refractivity contribution < 1.29 is 14.6 Å². The van der Waals surface area contributed by atoms with Crippen molar-refractivity contribution in [3.05, 3.63) is 65.2 Å². The average molecular weight is 285 g/mol. The summed E-state index contributed by atoms with van der Waals surface area (Å²) in [6.07, 6.45) is 0. The molecule has 0 unspecified atom stereocenters. The Hall–Kier alpha value is -2.33. The quantitative estimate of drug-likeness (QED) is 0.768. The molecule has 21 heavy (non-hydrogen) atoms. The molecule has 0 saturated carbocycles. The molecule has 0 aliphatic rings. The van der Waals surface area contributed by atoms with Gasteiger partial charge < -0.3 is 15.2 Å². The number of hydrogen-bond acceptors (Lipinski definition) is 3. The first-order valence-corrected chi connectivity index (χ1v) is 6.88. The Kier molecular flexibility index (Phi) is 5.35. The summed E-state index contributed by atoms with van der Waals surface area (Å²) in [6, 6.07) is 15.0. The lowest BCUT2D eigenvalue weighted by Crippen LogP contribution is -2.21. The van der Waals surface area contributed by atoms with Gasteiger partial charge in [0.25, 0.3) is 0 Å². The van der Waals surface area contributed by atoms with Crippen LogP contribution in [0.3, 0.4) is 0 Å². The number of para-hydroxylation sites is 1. The van der Waals surface area contributed by atoms with Crippen LogP contribution in [-0.4, -0.2) is 24.2 Å². The summed E-state index contributed by atoms with van der Waals surface area (Å²) < 4.78 is 5.51. The van der Waals surface area contributed by atoms with Crippen LogP contribution in [0, 0.1) is 6.92 Å². The minimum atomic E-state index is -0.974. The van der Waals surface area contributed by atoms with Crippen LogP contribution in [0.25, 0.3) is 0 Å². The number of benzene rings is 2. The number of hydrogen-bond donors (Lipinski definition) is 2. The van der Waals surface area contributed by atoms with E-state index >= 15 is 0 Å². The molecule has 2 aromatic rings. The maximum atomic E-state index is 11.0. The first-order valence-electron chi connectivity index (χ1n) is 6.88. The van der Waals surface area contributed by atoms with Gasteiger partial charge in [-0.3, -0.25) is 0 Å². The number of carboxylic acid groups (broad SMARTS) is 1. The summed E-state index contributed by atoms with van der Waals surface area (Å²) >= 11 is 0. The van der Waals surface area contributed by atoms with E-state index in [0.717, 1.165) is 6.54 Å². The van der Waals surface area contributed by atoms with Crippen molar-refractivity contribution in [3.63, 3.8) is 0 Å². The van der Waals surface area contributed by atoms with Crippen LogP contribution >= 0.6 is 0 Å². The summed E-state index contributed by atoms with van der Waals surface area (Å²) in [5.41, 5.74) is 2.65. The summed E-state index contributed by atoms with van der Waals surface area (Å²) in [4.78, 5) is 11.0. The average Bonchev–Trinajstić information content (AvgIpc) is 2.49. The van der Waals surface area contributed by atoms with Crippen molar-refractivity contribution in [1.29, 1.82) is 0 Å². The number of carboxylic acids is 1. The van der Waals surface area contributed by atoms with Crippen molar-refractivity contribution in [2.24, 2.45) is 0 Å². The molecule has 0 amide bonds. The molecule has 2 rings (SSSR count). The molecule has 0 aliphatic carbocycles. The second-order valence-electron chi connectivity index (χ2n) is 4.81. The van der Waals surface area contributed by atoms with E-state index in [1.807, 2.05) is 0 Å². The normalized spacial score (nSPS) is 10.3. The molecule has 0 spiro atoms. The molecule has 0 heterocycles. The summed E-state index contributed by atoms with van der Waals surface area (Å²) in [7, 11) is 0. The molecule has 110 valence electrons. The SMILES string of the molecule is Cc1ccc(CNCCOc2ccccc2C(=O)O)cc1. The number of aromatic carboxylic acids is 1. The minimum absolute atomic E-state index is 0.191. The zero-order valence-corrected chi connectivity index (χ0v) is 12.0. The fraction of sp³-hybridized carbons (Fsp3) is 0.235. The summed E-state index contributed by atoms with van der Waals surface area (Å²) in [5, 5.41) is 12.3. The second kappa shape index (κ2) is 7.45. The Bertz CT molecular complexity index is 593. The lowest BCUT2D eigenvalue weighted by molar-refractivity contribution is 0.0692. The number of ether oxygens (including phenoxy) is 1. The zero-order valence-electron chi connectivity index (χ0n) is 12.0. The smallest absolute Gasteiger partial charge is 0.339 e. The monoisotopic (exact) mass is 285 g/mol. The van der Waals surface area contributed by atoms with Gasteiger partial charge in [-0.15, -0.1) is 0 Å². The van der Waals surface area contributed by atoms with Gasteiger partial charge in [0.1, 0.15) is 17.9 Å². The van der Waals surface area contributed by atoms with Crippen LogP contribution in [0.1, 0.15) is 21.5 Å². The lowest BCUT2D eigenvalue weighted by Gasteiger charge is -2.10. The Labute approximate surface area is 124 Å². The Morgan fingerprint density at radius 2 is 1.86 bits per heavy atom. The molecular formula is C17H19NO3. The third-order valence-corrected chi connectivity index (χ3v) is 3.10. The standard InChI is InChI=1S/C17H19NO3/c1-13-6-8-14(9-7-13)12-18-10-11-21-16-5-3-2-4-15(16)17(19)20/h2-9,18H,10-12H2,1H3,(H,19,20). The van der Waals surface area contributed by atoms with Crippen LogP contribution in [-0.2, 0) is 6.54 Å². The summed E-state index contributed by atoms with van der Waals surface area (Å²) in [6.45, 7) is 3.91. The predicted molar refractivity (Wildman–Crippen MR) is 81.8 cm³/mol. The first kappa shape index (κ1) is 15.1. The molecule has 0 aliphatic heterocycles. The molecule has 4 nitrogen and oxygen atoms in total. The fourth-order valence-electron chi connectivity index (χ4n) is 1.94. The van der Waals surface area contributed by atoms with Crippen LogP contribution < -0.4 is 10.1 Å². The van der Waals surface area contributed by atoms with Crippen molar-refractivity contribution >= 4 is 5.97 Å². The highest BCUT2D eigenvalue weighted by atomic mass is 16.5. The topological polar surface area (TPSA) is 58.6 Å². The molecule has 4 heteroatoms. The van der Waals surface area contributed by atoms with Gasteiger partial charge in [-0.1, -0.05) is 42.0 Å². The second-order valence-corrected chi connectivity index (χ2v) is 4.81. The fourth-order valence-corrected chi connectivity index (χ4v) is 1.94. The van der Waals surface area contributed by atoms with Gasteiger partial charge in [-0.05, 0) is 24.6 Å². The van der Waals surface area contributed by atoms with E-state index in [9.17, 15) is 4.79 Å². The van der Waals surface area contributed by atoms with Crippen LogP contribution in [0.5, 0.6) is 5.75 Å². The van der Waals surface area contributed by atoms with Crippen molar-refractivity contribution in [1.82, 2.24) is 5.32 Å². The Balaban J connectivity index is 1.75. The van der Waals surface area contributed by atoms with E-state index < -0.39 is 5.97 Å². The largest absolute Gasteiger partial charge is 0.491 e. The number of nitrogens with one attached hydrogen (secondary N) is 1. The van der Waals surface area contributed by atoms with Gasteiger partial charge in [0, 0.05) is 13.1 Å². The molecule has 0 saturated heterocycles. The van der Waals surface area contributed by atoms with E-state index in [4.69, 9.17) is 9.84 Å². The molecule has 0 radical (unpaired) electrons. The van der Waals surface area contributed by atoms with Gasteiger partial charge in [0.15, 0.2) is 0 Å². The third-order valence-electron chi connectivity index (χ3n) is 3.10. The van der Waals surface area contributed by atoms with Gasteiger partial charge in [0.05, 0.1) is 0 Å². The van der Waals surface area contributed by atoms with Crippen LogP contribution in [0.2, 0.25) is 0 Å². The van der Waals surface area contributed by atoms with Gasteiger partial charge in [-0.25, -0.2) is 4.79 Å². The third kappa shape index (κ3) is 4.61. The maximum absolute atomic E-state index is 11.0. The molecule has 2 aromatic carbocycles. The highest BCUT2D eigenvalue weighted by Crippen LogP contribution is 2.17. The van der Waals surface area contributed by atoms with E-state index in [0.29, 0.717) is 18.9 Å². The Morgan fingerprint density at radius 3 is 2.57 bits per heavy atom. The minimum Gasteiger partial charge on any atom is -0.491 e. The number of rotatable bonds is 7. The highest BCUT2D eigenvalue weighted by Gasteiger charge is 2.09. The van der Waals surface area contributed by atoms with Gasteiger partial charge >= 0.3 is 5.97 Å². The van der Waals surface area contributed by atoms with E-state index in [-0.39, 0.29) is 5.56 Å². The highest BCUT2D eigenvalue weighted by molar-refractivity contribution is 5.90. The maximum Gasteiger partial charge on any atom is 0.339 e. The molecule has 0 atom stereocenters. The van der Waals surface area contributed by atoms with Crippen molar-refractivity contribution in [3.8, 4) is 5.75 Å². The van der Waals surface area contributed by atoms with E-state index in [1.54, 1.807) is 18.2 Å².